The molecule has 0 aliphatic rings. The number of hydrogen-bond acceptors (Lipinski definition) is 3. The topological polar surface area (TPSA) is 38.3 Å². The molecule has 1 atom stereocenters. The first-order valence-electron chi connectivity index (χ1n) is 7.57. The summed E-state index contributed by atoms with van der Waals surface area (Å²) in [5.41, 5.74) is 0.673. The van der Waals surface area contributed by atoms with Gasteiger partial charge < -0.3 is 10.1 Å². The lowest BCUT2D eigenvalue weighted by atomic mass is 10.2. The largest absolute Gasteiger partial charge is 0.481 e. The number of benzene rings is 2. The highest BCUT2D eigenvalue weighted by Crippen LogP contribution is 2.18. The van der Waals surface area contributed by atoms with Gasteiger partial charge in [-0.3, -0.25) is 4.79 Å². The van der Waals surface area contributed by atoms with Crippen molar-refractivity contribution in [2.75, 3.05) is 12.3 Å². The number of halogens is 2. The van der Waals surface area contributed by atoms with E-state index in [2.05, 4.69) is 5.32 Å². The molecule has 0 fully saturated rings. The molecule has 0 saturated carbocycles. The van der Waals surface area contributed by atoms with Gasteiger partial charge in [0, 0.05) is 23.1 Å². The maximum atomic E-state index is 13.5. The fourth-order valence-electron chi connectivity index (χ4n) is 1.99. The number of nitrogens with one attached hydrogen (secondary N) is 1. The minimum atomic E-state index is -0.611. The molecule has 0 aliphatic carbocycles. The Morgan fingerprint density at radius 2 is 2.08 bits per heavy atom. The molecule has 1 N–H and O–H groups in total. The van der Waals surface area contributed by atoms with Crippen molar-refractivity contribution in [3.63, 3.8) is 0 Å². The van der Waals surface area contributed by atoms with Crippen molar-refractivity contribution in [3.8, 4) is 5.75 Å². The zero-order valence-electron chi connectivity index (χ0n) is 13.3. The van der Waals surface area contributed by atoms with Gasteiger partial charge in [0.1, 0.15) is 11.6 Å². The Kier molecular flexibility index (Phi) is 7.40. The van der Waals surface area contributed by atoms with Crippen LogP contribution in [0.4, 0.5) is 4.39 Å². The monoisotopic (exact) mass is 367 g/mol. The van der Waals surface area contributed by atoms with Gasteiger partial charge in [0.05, 0.1) is 0 Å². The molecule has 1 unspecified atom stereocenters. The maximum absolute atomic E-state index is 13.5. The Bertz CT molecular complexity index is 684. The van der Waals surface area contributed by atoms with Crippen molar-refractivity contribution < 1.29 is 13.9 Å². The van der Waals surface area contributed by atoms with E-state index in [9.17, 15) is 9.18 Å². The summed E-state index contributed by atoms with van der Waals surface area (Å²) in [4.78, 5) is 12.0. The van der Waals surface area contributed by atoms with Crippen molar-refractivity contribution >= 4 is 29.3 Å². The van der Waals surface area contributed by atoms with E-state index in [0.717, 1.165) is 0 Å². The van der Waals surface area contributed by atoms with E-state index in [1.807, 2.05) is 6.07 Å². The first kappa shape index (κ1) is 18.6. The molecule has 0 aromatic heterocycles. The predicted molar refractivity (Wildman–Crippen MR) is 97.1 cm³/mol. The lowest BCUT2D eigenvalue weighted by Crippen LogP contribution is -2.37. The van der Waals surface area contributed by atoms with Crippen LogP contribution in [-0.4, -0.2) is 24.3 Å². The van der Waals surface area contributed by atoms with Crippen LogP contribution in [0.25, 0.3) is 0 Å². The smallest absolute Gasteiger partial charge is 0.260 e. The van der Waals surface area contributed by atoms with Crippen LogP contribution in [0.3, 0.4) is 0 Å². The summed E-state index contributed by atoms with van der Waals surface area (Å²) in [6.45, 7) is 2.18. The number of carbonyl (C=O) groups is 1. The second-order valence-electron chi connectivity index (χ2n) is 5.15. The van der Waals surface area contributed by atoms with Crippen molar-refractivity contribution in [1.82, 2.24) is 5.32 Å². The normalized spacial score (nSPS) is 11.8. The highest BCUT2D eigenvalue weighted by Gasteiger charge is 2.14. The Morgan fingerprint density at radius 3 is 2.83 bits per heavy atom. The molecule has 0 aliphatic heterocycles. The van der Waals surface area contributed by atoms with Crippen molar-refractivity contribution in [1.29, 1.82) is 0 Å². The summed E-state index contributed by atoms with van der Waals surface area (Å²) < 4.78 is 19.0. The van der Waals surface area contributed by atoms with Gasteiger partial charge in [0.15, 0.2) is 6.10 Å². The lowest BCUT2D eigenvalue weighted by Gasteiger charge is -2.14. The molecule has 3 nitrogen and oxygen atoms in total. The average Bonchev–Trinajstić information content (AvgIpc) is 2.56. The van der Waals surface area contributed by atoms with Crippen LogP contribution in [-0.2, 0) is 10.5 Å². The van der Waals surface area contributed by atoms with E-state index in [1.54, 1.807) is 55.1 Å². The van der Waals surface area contributed by atoms with Crippen LogP contribution in [0.1, 0.15) is 12.5 Å². The summed E-state index contributed by atoms with van der Waals surface area (Å²) in [7, 11) is 0. The zero-order chi connectivity index (χ0) is 17.4. The molecule has 2 aromatic carbocycles. The highest BCUT2D eigenvalue weighted by molar-refractivity contribution is 7.98. The molecule has 6 heteroatoms. The number of hydrogen-bond donors (Lipinski definition) is 1. The van der Waals surface area contributed by atoms with E-state index in [4.69, 9.17) is 16.3 Å². The van der Waals surface area contributed by atoms with Crippen molar-refractivity contribution in [2.24, 2.45) is 0 Å². The average molecular weight is 368 g/mol. The Morgan fingerprint density at radius 1 is 1.29 bits per heavy atom. The Hall–Kier alpha value is -1.72. The maximum Gasteiger partial charge on any atom is 0.260 e. The van der Waals surface area contributed by atoms with Gasteiger partial charge in [-0.05, 0) is 36.8 Å². The van der Waals surface area contributed by atoms with Gasteiger partial charge in [0.2, 0.25) is 0 Å². The van der Waals surface area contributed by atoms with Crippen LogP contribution in [0.5, 0.6) is 5.75 Å². The van der Waals surface area contributed by atoms with Crippen LogP contribution >= 0.6 is 23.4 Å². The molecule has 24 heavy (non-hydrogen) atoms. The number of thioether (sulfide) groups is 1. The van der Waals surface area contributed by atoms with Crippen LogP contribution < -0.4 is 10.1 Å². The van der Waals surface area contributed by atoms with Crippen molar-refractivity contribution in [2.45, 2.75) is 18.8 Å². The molecule has 0 bridgehead atoms. The molecular weight excluding hydrogens is 349 g/mol. The Labute approximate surface area is 150 Å². The number of ether oxygens (including phenoxy) is 1. The van der Waals surface area contributed by atoms with Crippen LogP contribution in [0.15, 0.2) is 48.5 Å². The SMILES string of the molecule is CC(Oc1cccc(Cl)c1)C(=O)NCCSCc1ccccc1F. The minimum Gasteiger partial charge on any atom is -0.481 e. The Balaban J connectivity index is 1.66. The molecule has 0 heterocycles. The van der Waals surface area contributed by atoms with Gasteiger partial charge in [-0.2, -0.15) is 11.8 Å². The van der Waals surface area contributed by atoms with E-state index < -0.39 is 6.10 Å². The third-order valence-corrected chi connectivity index (χ3v) is 4.48. The first-order valence-corrected chi connectivity index (χ1v) is 9.10. The number of rotatable bonds is 8. The van der Waals surface area contributed by atoms with Gasteiger partial charge >= 0.3 is 0 Å². The fraction of sp³-hybridized carbons (Fsp3) is 0.278. The standard InChI is InChI=1S/C18H19ClFNO2S/c1-13(23-16-7-4-6-15(19)11-16)18(22)21-9-10-24-12-14-5-2-3-8-17(14)20/h2-8,11,13H,9-10,12H2,1H3,(H,21,22). The summed E-state index contributed by atoms with van der Waals surface area (Å²) in [5.74, 6) is 1.44. The summed E-state index contributed by atoms with van der Waals surface area (Å²) >= 11 is 7.45. The minimum absolute atomic E-state index is 0.193. The third-order valence-electron chi connectivity index (χ3n) is 3.24. The number of amides is 1. The van der Waals surface area contributed by atoms with Crippen molar-refractivity contribution in [3.05, 3.63) is 64.9 Å². The summed E-state index contributed by atoms with van der Waals surface area (Å²) in [6.07, 6.45) is -0.611. The molecule has 0 radical (unpaired) electrons. The van der Waals surface area contributed by atoms with E-state index in [1.165, 1.54) is 6.07 Å². The molecule has 2 aromatic rings. The van der Waals surface area contributed by atoms with Gasteiger partial charge in [-0.1, -0.05) is 35.9 Å². The molecule has 128 valence electrons. The third kappa shape index (κ3) is 6.06. The van der Waals surface area contributed by atoms with E-state index in [0.29, 0.717) is 34.4 Å². The van der Waals surface area contributed by atoms with E-state index in [-0.39, 0.29) is 11.7 Å². The van der Waals surface area contributed by atoms with E-state index >= 15 is 0 Å². The van der Waals surface area contributed by atoms with Crippen LogP contribution in [0.2, 0.25) is 5.02 Å². The van der Waals surface area contributed by atoms with Gasteiger partial charge in [-0.15, -0.1) is 0 Å². The van der Waals surface area contributed by atoms with Crippen LogP contribution in [0, 0.1) is 5.82 Å². The predicted octanol–water partition coefficient (Wildman–Crippen LogP) is 4.30. The molecule has 2 rings (SSSR count). The molecule has 0 spiro atoms. The number of carbonyl (C=O) groups excluding carboxylic acids is 1. The lowest BCUT2D eigenvalue weighted by molar-refractivity contribution is -0.127. The van der Waals surface area contributed by atoms with Gasteiger partial charge in [-0.25, -0.2) is 4.39 Å². The molecule has 1 amide bonds. The summed E-state index contributed by atoms with van der Waals surface area (Å²) in [6, 6.07) is 13.6. The first-order chi connectivity index (χ1) is 11.6. The fourth-order valence-corrected chi connectivity index (χ4v) is 3.01. The summed E-state index contributed by atoms with van der Waals surface area (Å²) in [5, 5.41) is 3.37. The molecular formula is C18H19ClFNO2S. The zero-order valence-corrected chi connectivity index (χ0v) is 14.9. The second-order valence-corrected chi connectivity index (χ2v) is 6.69. The second kappa shape index (κ2) is 9.55. The molecule has 0 saturated heterocycles. The highest BCUT2D eigenvalue weighted by atomic mass is 35.5. The van der Waals surface area contributed by atoms with Gasteiger partial charge in [0.25, 0.3) is 5.91 Å². The quantitative estimate of drug-likeness (QED) is 0.707.